The van der Waals surface area contributed by atoms with Crippen LogP contribution in [-0.4, -0.2) is 41.9 Å². The molecule has 1 N–H and O–H groups in total. The predicted octanol–water partition coefficient (Wildman–Crippen LogP) is 2.56. The maximum atomic E-state index is 10.5. The quantitative estimate of drug-likeness (QED) is 0.696. The zero-order valence-corrected chi connectivity index (χ0v) is 11.3. The van der Waals surface area contributed by atoms with Gasteiger partial charge in [0.05, 0.1) is 32.3 Å². The normalized spacial score (nSPS) is 45.5. The van der Waals surface area contributed by atoms with Crippen molar-refractivity contribution in [2.45, 2.75) is 63.5 Å². The lowest BCUT2D eigenvalue weighted by Gasteiger charge is -2.53. The number of hydrogen-bond acceptors (Lipinski definition) is 1. The first kappa shape index (κ1) is 12.0. The van der Waals surface area contributed by atoms with Crippen LogP contribution in [0.25, 0.3) is 0 Å². The topological polar surface area (TPSA) is 20.2 Å². The van der Waals surface area contributed by atoms with E-state index in [-0.39, 0.29) is 6.10 Å². The molecule has 98 valence electrons. The molecule has 1 saturated heterocycles. The van der Waals surface area contributed by atoms with Crippen LogP contribution in [0.4, 0.5) is 0 Å². The fourth-order valence-corrected chi connectivity index (χ4v) is 4.98. The molecule has 3 aliphatic rings. The SMILES string of the molecule is C[N+]1([C@H]2CC[C@@H]3CCC[C@H]2[C@H]3O)CCCCC1. The lowest BCUT2D eigenvalue weighted by atomic mass is 9.66. The lowest BCUT2D eigenvalue weighted by molar-refractivity contribution is -0.943. The van der Waals surface area contributed by atoms with Gasteiger partial charge in [-0.05, 0) is 44.4 Å². The summed E-state index contributed by atoms with van der Waals surface area (Å²) in [6.07, 6.45) is 10.9. The number of aliphatic hydroxyl groups is 1. The van der Waals surface area contributed by atoms with Gasteiger partial charge in [-0.1, -0.05) is 6.42 Å². The Labute approximate surface area is 106 Å². The van der Waals surface area contributed by atoms with E-state index < -0.39 is 0 Å². The molecule has 0 radical (unpaired) electrons. The fourth-order valence-electron chi connectivity index (χ4n) is 4.98. The van der Waals surface area contributed by atoms with Crippen LogP contribution in [0.5, 0.6) is 0 Å². The molecule has 1 heterocycles. The van der Waals surface area contributed by atoms with Crippen LogP contribution in [0.2, 0.25) is 0 Å². The summed E-state index contributed by atoms with van der Waals surface area (Å²) in [5, 5.41) is 10.5. The van der Waals surface area contributed by atoms with Crippen molar-refractivity contribution in [3.05, 3.63) is 0 Å². The summed E-state index contributed by atoms with van der Waals surface area (Å²) in [6.45, 7) is 2.72. The number of quaternary nitrogens is 1. The fraction of sp³-hybridized carbons (Fsp3) is 1.00. The van der Waals surface area contributed by atoms with E-state index in [1.54, 1.807) is 0 Å². The highest BCUT2D eigenvalue weighted by atomic mass is 16.3. The minimum absolute atomic E-state index is 0.0272. The molecule has 3 rings (SSSR count). The zero-order chi connectivity index (χ0) is 11.9. The molecule has 2 bridgehead atoms. The molecular formula is C15H28NO+. The Hall–Kier alpha value is -0.0800. The zero-order valence-electron chi connectivity index (χ0n) is 11.3. The summed E-state index contributed by atoms with van der Waals surface area (Å²) in [7, 11) is 2.46. The number of hydrogen-bond donors (Lipinski definition) is 1. The Balaban J connectivity index is 1.77. The van der Waals surface area contributed by atoms with Crippen molar-refractivity contribution in [1.82, 2.24) is 0 Å². The largest absolute Gasteiger partial charge is 0.392 e. The van der Waals surface area contributed by atoms with Gasteiger partial charge in [0.1, 0.15) is 0 Å². The first-order chi connectivity index (χ1) is 8.21. The van der Waals surface area contributed by atoms with Crippen LogP contribution >= 0.6 is 0 Å². The van der Waals surface area contributed by atoms with Gasteiger partial charge in [0.2, 0.25) is 0 Å². The van der Waals surface area contributed by atoms with Gasteiger partial charge in [0, 0.05) is 12.3 Å². The third-order valence-electron chi connectivity index (χ3n) is 6.00. The molecule has 0 amide bonds. The molecule has 0 aromatic carbocycles. The minimum Gasteiger partial charge on any atom is -0.392 e. The van der Waals surface area contributed by atoms with Gasteiger partial charge < -0.3 is 9.59 Å². The van der Waals surface area contributed by atoms with E-state index in [9.17, 15) is 5.11 Å². The van der Waals surface area contributed by atoms with Crippen LogP contribution in [0.1, 0.15) is 51.4 Å². The molecule has 0 aromatic rings. The van der Waals surface area contributed by atoms with Crippen molar-refractivity contribution >= 4 is 0 Å². The number of aliphatic hydroxyl groups excluding tert-OH is 1. The summed E-state index contributed by atoms with van der Waals surface area (Å²) in [6, 6.07) is 0.766. The van der Waals surface area contributed by atoms with Gasteiger partial charge in [-0.2, -0.15) is 0 Å². The van der Waals surface area contributed by atoms with E-state index in [1.165, 1.54) is 68.9 Å². The summed E-state index contributed by atoms with van der Waals surface area (Å²) >= 11 is 0. The van der Waals surface area contributed by atoms with Crippen molar-refractivity contribution in [3.8, 4) is 0 Å². The van der Waals surface area contributed by atoms with E-state index in [0.717, 1.165) is 6.04 Å². The van der Waals surface area contributed by atoms with E-state index >= 15 is 0 Å². The first-order valence-corrected chi connectivity index (χ1v) is 7.73. The van der Waals surface area contributed by atoms with E-state index in [2.05, 4.69) is 7.05 Å². The van der Waals surface area contributed by atoms with Gasteiger partial charge >= 0.3 is 0 Å². The second kappa shape index (κ2) is 4.55. The smallest absolute Gasteiger partial charge is 0.0941 e. The minimum atomic E-state index is 0.0272. The van der Waals surface area contributed by atoms with Gasteiger partial charge in [0.25, 0.3) is 0 Å². The summed E-state index contributed by atoms with van der Waals surface area (Å²) < 4.78 is 1.27. The standard InChI is InChI=1S/C15H28NO/c1-16(10-3-2-4-11-16)14-9-8-12-6-5-7-13(14)15(12)17/h12-15,17H,2-11H2,1H3/q+1/t12-,13+,14-,15-/m0/s1. The van der Waals surface area contributed by atoms with E-state index in [0.29, 0.717) is 11.8 Å². The molecule has 2 saturated carbocycles. The molecule has 0 unspecified atom stereocenters. The highest BCUT2D eigenvalue weighted by molar-refractivity contribution is 4.92. The molecule has 2 heteroatoms. The Morgan fingerprint density at radius 1 is 0.882 bits per heavy atom. The molecule has 17 heavy (non-hydrogen) atoms. The Morgan fingerprint density at radius 3 is 2.41 bits per heavy atom. The Kier molecular flexibility index (Phi) is 3.20. The van der Waals surface area contributed by atoms with Crippen molar-refractivity contribution < 1.29 is 9.59 Å². The van der Waals surface area contributed by atoms with Gasteiger partial charge in [-0.25, -0.2) is 0 Å². The summed E-state index contributed by atoms with van der Waals surface area (Å²) in [5.74, 6) is 1.26. The van der Waals surface area contributed by atoms with Crippen molar-refractivity contribution in [3.63, 3.8) is 0 Å². The predicted molar refractivity (Wildman–Crippen MR) is 69.6 cm³/mol. The molecule has 3 fully saturated rings. The monoisotopic (exact) mass is 238 g/mol. The Morgan fingerprint density at radius 2 is 1.65 bits per heavy atom. The summed E-state index contributed by atoms with van der Waals surface area (Å²) in [5.41, 5.74) is 0. The van der Waals surface area contributed by atoms with Crippen LogP contribution in [-0.2, 0) is 0 Å². The van der Waals surface area contributed by atoms with Crippen LogP contribution in [0, 0.1) is 11.8 Å². The van der Waals surface area contributed by atoms with Crippen LogP contribution in [0.15, 0.2) is 0 Å². The molecule has 0 aromatic heterocycles. The maximum absolute atomic E-state index is 10.5. The number of likely N-dealkylation sites (tertiary alicyclic amines) is 1. The molecule has 4 atom stereocenters. The number of piperidine rings is 1. The van der Waals surface area contributed by atoms with Gasteiger partial charge in [-0.15, -0.1) is 0 Å². The average molecular weight is 238 g/mol. The number of rotatable bonds is 1. The third-order valence-corrected chi connectivity index (χ3v) is 6.00. The number of nitrogens with zero attached hydrogens (tertiary/aromatic N) is 1. The third kappa shape index (κ3) is 2.04. The van der Waals surface area contributed by atoms with Crippen LogP contribution in [0.3, 0.4) is 0 Å². The Bertz CT molecular complexity index is 272. The second-order valence-corrected chi connectivity index (χ2v) is 6.98. The highest BCUT2D eigenvalue weighted by Crippen LogP contribution is 2.44. The first-order valence-electron chi connectivity index (χ1n) is 7.73. The van der Waals surface area contributed by atoms with Gasteiger partial charge in [0.15, 0.2) is 0 Å². The molecule has 1 aliphatic heterocycles. The lowest BCUT2D eigenvalue weighted by Crippen LogP contribution is -2.62. The molecule has 2 nitrogen and oxygen atoms in total. The van der Waals surface area contributed by atoms with E-state index in [4.69, 9.17) is 0 Å². The van der Waals surface area contributed by atoms with Crippen molar-refractivity contribution in [2.75, 3.05) is 20.1 Å². The summed E-state index contributed by atoms with van der Waals surface area (Å²) in [4.78, 5) is 0. The van der Waals surface area contributed by atoms with Crippen molar-refractivity contribution in [2.24, 2.45) is 11.8 Å². The highest BCUT2D eigenvalue weighted by Gasteiger charge is 2.48. The second-order valence-electron chi connectivity index (χ2n) is 6.98. The maximum Gasteiger partial charge on any atom is 0.0941 e. The molecule has 0 spiro atoms. The van der Waals surface area contributed by atoms with E-state index in [1.807, 2.05) is 0 Å². The number of fused-ring (bicyclic) bond motifs is 2. The van der Waals surface area contributed by atoms with Crippen molar-refractivity contribution in [1.29, 1.82) is 0 Å². The van der Waals surface area contributed by atoms with Gasteiger partial charge in [-0.3, -0.25) is 0 Å². The molecule has 2 aliphatic carbocycles. The van der Waals surface area contributed by atoms with Crippen LogP contribution < -0.4 is 0 Å². The molecular weight excluding hydrogens is 210 g/mol. The average Bonchev–Trinajstić information content (AvgIpc) is 2.29.